The summed E-state index contributed by atoms with van der Waals surface area (Å²) in [4.78, 5) is 0. The standard InChI is InChI=1S/C20H29BrFN3O2SSi/c1-20(2,3)28(26)23-12-15-13-25(14-27-9-10-29(4,5)6)24-19(15)17-11-16(22)7-8-18(17)21/h7-8,11-13H,9-10,14H2,1-6H3/t28-/m0/s1. The van der Waals surface area contributed by atoms with Crippen molar-refractivity contribution in [2.24, 2.45) is 4.40 Å². The van der Waals surface area contributed by atoms with Crippen LogP contribution in [0.15, 0.2) is 33.3 Å². The Kier molecular flexibility index (Phi) is 8.12. The topological polar surface area (TPSA) is 56.5 Å². The highest BCUT2D eigenvalue weighted by Gasteiger charge is 2.20. The Balaban J connectivity index is 2.31. The SMILES string of the molecule is CC(C)(C)[S@](=O)N=Cc1cn(COCC[Si](C)(C)C)nc1-c1cc(F)ccc1Br. The molecule has 1 heterocycles. The lowest BCUT2D eigenvalue weighted by Gasteiger charge is -2.15. The summed E-state index contributed by atoms with van der Waals surface area (Å²) in [5, 5.41) is 4.57. The lowest BCUT2D eigenvalue weighted by molar-refractivity contribution is 0.0787. The van der Waals surface area contributed by atoms with Gasteiger partial charge in [-0.1, -0.05) is 35.6 Å². The van der Waals surface area contributed by atoms with E-state index in [2.05, 4.69) is 45.1 Å². The average Bonchev–Trinajstić information content (AvgIpc) is 3.00. The van der Waals surface area contributed by atoms with E-state index in [-0.39, 0.29) is 5.82 Å². The van der Waals surface area contributed by atoms with Crippen molar-refractivity contribution in [3.63, 3.8) is 0 Å². The fraction of sp³-hybridized carbons (Fsp3) is 0.500. The van der Waals surface area contributed by atoms with Gasteiger partial charge >= 0.3 is 0 Å². The molecule has 0 unspecified atom stereocenters. The van der Waals surface area contributed by atoms with Crippen LogP contribution in [0, 0.1) is 5.82 Å². The number of nitrogens with zero attached hydrogens (tertiary/aromatic N) is 3. The maximum Gasteiger partial charge on any atom is 0.144 e. The molecule has 0 fully saturated rings. The molecule has 0 aliphatic carbocycles. The Bertz CT molecular complexity index is 904. The minimum atomic E-state index is -1.40. The molecule has 0 saturated carbocycles. The van der Waals surface area contributed by atoms with Crippen LogP contribution in [0.1, 0.15) is 26.3 Å². The van der Waals surface area contributed by atoms with Gasteiger partial charge in [0, 0.05) is 42.7 Å². The van der Waals surface area contributed by atoms with Crippen molar-refractivity contribution < 1.29 is 13.3 Å². The third-order valence-electron chi connectivity index (χ3n) is 4.00. The lowest BCUT2D eigenvalue weighted by atomic mass is 10.1. The van der Waals surface area contributed by atoms with Crippen molar-refractivity contribution >= 4 is 41.2 Å². The highest BCUT2D eigenvalue weighted by atomic mass is 79.9. The van der Waals surface area contributed by atoms with Crippen LogP contribution in [-0.2, 0) is 22.5 Å². The molecule has 2 aromatic rings. The molecule has 0 bridgehead atoms. The van der Waals surface area contributed by atoms with Crippen LogP contribution in [0.4, 0.5) is 4.39 Å². The highest BCUT2D eigenvalue weighted by Crippen LogP contribution is 2.30. The second-order valence-corrected chi connectivity index (χ2v) is 17.5. The van der Waals surface area contributed by atoms with Crippen molar-refractivity contribution in [3.8, 4) is 11.3 Å². The van der Waals surface area contributed by atoms with Gasteiger partial charge in [0.05, 0.1) is 4.75 Å². The molecule has 0 radical (unpaired) electrons. The van der Waals surface area contributed by atoms with Gasteiger partial charge in [-0.25, -0.2) is 13.3 Å². The fourth-order valence-electron chi connectivity index (χ4n) is 2.28. The molecule has 9 heteroatoms. The molecule has 1 aromatic heterocycles. The van der Waals surface area contributed by atoms with Gasteiger partial charge in [-0.3, -0.25) is 0 Å². The van der Waals surface area contributed by atoms with Crippen molar-refractivity contribution in [3.05, 3.63) is 40.2 Å². The molecule has 0 N–H and O–H groups in total. The molecule has 0 spiro atoms. The quantitative estimate of drug-likeness (QED) is 0.267. The molecule has 0 saturated heterocycles. The minimum absolute atomic E-state index is 0.292. The number of rotatable bonds is 8. The normalized spacial score (nSPS) is 13.9. The minimum Gasteiger partial charge on any atom is -0.360 e. The van der Waals surface area contributed by atoms with Crippen LogP contribution >= 0.6 is 15.9 Å². The number of aromatic nitrogens is 2. The molecule has 29 heavy (non-hydrogen) atoms. The summed E-state index contributed by atoms with van der Waals surface area (Å²) in [5.74, 6) is -0.356. The van der Waals surface area contributed by atoms with E-state index in [1.807, 2.05) is 20.8 Å². The van der Waals surface area contributed by atoms with Crippen LogP contribution in [0.5, 0.6) is 0 Å². The van der Waals surface area contributed by atoms with E-state index in [0.29, 0.717) is 30.2 Å². The smallest absolute Gasteiger partial charge is 0.144 e. The second-order valence-electron chi connectivity index (χ2n) is 9.04. The first-order valence-corrected chi connectivity index (χ1v) is 15.0. The van der Waals surface area contributed by atoms with E-state index >= 15 is 0 Å². The third-order valence-corrected chi connectivity index (χ3v) is 7.75. The third kappa shape index (κ3) is 7.55. The van der Waals surface area contributed by atoms with Crippen LogP contribution in [0.3, 0.4) is 0 Å². The van der Waals surface area contributed by atoms with E-state index in [1.54, 1.807) is 23.2 Å². The van der Waals surface area contributed by atoms with Crippen LogP contribution in [-0.4, -0.2) is 39.6 Å². The van der Waals surface area contributed by atoms with Crippen molar-refractivity contribution in [2.45, 2.75) is 57.9 Å². The van der Waals surface area contributed by atoms with Crippen molar-refractivity contribution in [2.75, 3.05) is 6.61 Å². The molecule has 0 aliphatic rings. The van der Waals surface area contributed by atoms with Gasteiger partial charge in [0.1, 0.15) is 29.2 Å². The molecule has 160 valence electrons. The average molecular weight is 503 g/mol. The Morgan fingerprint density at radius 3 is 2.66 bits per heavy atom. The molecule has 0 amide bonds. The summed E-state index contributed by atoms with van der Waals surface area (Å²) < 4.78 is 38.0. The monoisotopic (exact) mass is 501 g/mol. The summed E-state index contributed by atoms with van der Waals surface area (Å²) in [7, 11) is -2.57. The Morgan fingerprint density at radius 2 is 2.03 bits per heavy atom. The van der Waals surface area contributed by atoms with Gasteiger partial charge in [0.25, 0.3) is 0 Å². The first-order valence-electron chi connectivity index (χ1n) is 9.43. The largest absolute Gasteiger partial charge is 0.360 e. The molecule has 5 nitrogen and oxygen atoms in total. The zero-order chi connectivity index (χ0) is 21.8. The van der Waals surface area contributed by atoms with Crippen LogP contribution < -0.4 is 0 Å². The molecular formula is C20H29BrFN3O2SSi. The summed E-state index contributed by atoms with van der Waals surface area (Å²) in [6, 6.07) is 5.51. The van der Waals surface area contributed by atoms with E-state index < -0.39 is 23.8 Å². The number of benzene rings is 1. The highest BCUT2D eigenvalue weighted by molar-refractivity contribution is 9.10. The van der Waals surface area contributed by atoms with Gasteiger partial charge in [0.2, 0.25) is 0 Å². The summed E-state index contributed by atoms with van der Waals surface area (Å²) in [5.41, 5.74) is 1.82. The maximum atomic E-state index is 13.8. The Hall–Kier alpha value is -1.16. The van der Waals surface area contributed by atoms with Gasteiger partial charge < -0.3 is 4.74 Å². The van der Waals surface area contributed by atoms with Gasteiger partial charge in [-0.2, -0.15) is 9.50 Å². The van der Waals surface area contributed by atoms with E-state index in [9.17, 15) is 8.60 Å². The molecule has 1 aromatic carbocycles. The Morgan fingerprint density at radius 1 is 1.34 bits per heavy atom. The summed E-state index contributed by atoms with van der Waals surface area (Å²) in [6.07, 6.45) is 3.32. The molecule has 2 rings (SSSR count). The van der Waals surface area contributed by atoms with Crippen LogP contribution in [0.25, 0.3) is 11.3 Å². The first-order chi connectivity index (χ1) is 13.4. The zero-order valence-electron chi connectivity index (χ0n) is 17.8. The predicted octanol–water partition coefficient (Wildman–Crippen LogP) is 5.65. The van der Waals surface area contributed by atoms with Crippen LogP contribution in [0.2, 0.25) is 25.7 Å². The number of ether oxygens (including phenoxy) is 1. The zero-order valence-corrected chi connectivity index (χ0v) is 21.2. The number of hydrogen-bond acceptors (Lipinski definition) is 3. The van der Waals surface area contributed by atoms with E-state index in [4.69, 9.17) is 4.74 Å². The maximum absolute atomic E-state index is 13.8. The lowest BCUT2D eigenvalue weighted by Crippen LogP contribution is -2.22. The number of halogens is 2. The molecular weight excluding hydrogens is 473 g/mol. The molecule has 0 aliphatic heterocycles. The second kappa shape index (κ2) is 9.76. The fourth-order valence-corrected chi connectivity index (χ4v) is 4.00. The molecule has 1 atom stereocenters. The van der Waals surface area contributed by atoms with Crippen molar-refractivity contribution in [1.82, 2.24) is 9.78 Å². The van der Waals surface area contributed by atoms with Crippen molar-refractivity contribution in [1.29, 1.82) is 0 Å². The summed E-state index contributed by atoms with van der Waals surface area (Å²) >= 11 is 3.46. The van der Waals surface area contributed by atoms with E-state index in [0.717, 1.165) is 10.5 Å². The van der Waals surface area contributed by atoms with E-state index in [1.165, 1.54) is 12.1 Å². The number of hydrogen-bond donors (Lipinski definition) is 0. The Labute approximate surface area is 184 Å². The first kappa shape index (κ1) is 24.1. The van der Waals surface area contributed by atoms with Gasteiger partial charge in [0.15, 0.2) is 0 Å². The van der Waals surface area contributed by atoms with Gasteiger partial charge in [-0.05, 0) is 45.0 Å². The van der Waals surface area contributed by atoms with Gasteiger partial charge in [-0.15, -0.1) is 0 Å². The summed E-state index contributed by atoms with van der Waals surface area (Å²) in [6.45, 7) is 13.4. The predicted molar refractivity (Wildman–Crippen MR) is 125 cm³/mol.